The quantitative estimate of drug-likeness (QED) is 0.763. The van der Waals surface area contributed by atoms with Crippen molar-refractivity contribution in [2.75, 3.05) is 20.6 Å². The van der Waals surface area contributed by atoms with E-state index in [2.05, 4.69) is 22.1 Å². The van der Waals surface area contributed by atoms with Crippen molar-refractivity contribution in [3.05, 3.63) is 35.8 Å². The first-order valence-electron chi connectivity index (χ1n) is 8.02. The van der Waals surface area contributed by atoms with Gasteiger partial charge in [-0.25, -0.2) is 4.98 Å². The molecule has 0 spiro atoms. The highest BCUT2D eigenvalue weighted by molar-refractivity contribution is 5.94. The van der Waals surface area contributed by atoms with Gasteiger partial charge in [0.25, 0.3) is 5.91 Å². The molecular weight excluding hydrogens is 276 g/mol. The van der Waals surface area contributed by atoms with Crippen molar-refractivity contribution in [2.45, 2.75) is 39.2 Å². The summed E-state index contributed by atoms with van der Waals surface area (Å²) in [5, 5.41) is 3.00. The predicted molar refractivity (Wildman–Crippen MR) is 89.1 cm³/mol. The number of aromatic nitrogens is 2. The molecular formula is C17H26N4O. The second-order valence-corrected chi connectivity index (χ2v) is 5.89. The fourth-order valence-corrected chi connectivity index (χ4v) is 2.52. The Morgan fingerprint density at radius 3 is 2.82 bits per heavy atom. The average Bonchev–Trinajstić information content (AvgIpc) is 2.85. The average molecular weight is 302 g/mol. The number of unbranched alkanes of at least 4 members (excludes halogenated alkanes) is 3. The smallest absolute Gasteiger partial charge is 0.271 e. The van der Waals surface area contributed by atoms with Gasteiger partial charge in [-0.2, -0.15) is 0 Å². The summed E-state index contributed by atoms with van der Waals surface area (Å²) in [6, 6.07) is 5.83. The molecule has 2 heterocycles. The molecule has 0 fully saturated rings. The second kappa shape index (κ2) is 7.94. The Morgan fingerprint density at radius 1 is 1.27 bits per heavy atom. The van der Waals surface area contributed by atoms with E-state index < -0.39 is 0 Å². The molecule has 2 aromatic rings. The molecule has 0 unspecified atom stereocenters. The van der Waals surface area contributed by atoms with Gasteiger partial charge in [0.15, 0.2) is 5.69 Å². The minimum Gasteiger partial charge on any atom is -0.351 e. The van der Waals surface area contributed by atoms with E-state index in [1.807, 2.05) is 42.9 Å². The molecule has 0 radical (unpaired) electrons. The molecule has 2 rings (SSSR count). The maximum atomic E-state index is 12.4. The summed E-state index contributed by atoms with van der Waals surface area (Å²) in [7, 11) is 3.99. The second-order valence-electron chi connectivity index (χ2n) is 5.89. The highest BCUT2D eigenvalue weighted by Crippen LogP contribution is 2.14. The molecule has 120 valence electrons. The van der Waals surface area contributed by atoms with Crippen LogP contribution in [0.3, 0.4) is 0 Å². The predicted octanol–water partition coefficient (Wildman–Crippen LogP) is 2.71. The maximum absolute atomic E-state index is 12.4. The Bertz CT molecular complexity index is 618. The highest BCUT2D eigenvalue weighted by atomic mass is 16.1. The van der Waals surface area contributed by atoms with Gasteiger partial charge < -0.3 is 14.6 Å². The Morgan fingerprint density at radius 2 is 2.09 bits per heavy atom. The van der Waals surface area contributed by atoms with Crippen LogP contribution in [0.15, 0.2) is 24.4 Å². The molecule has 0 aromatic carbocycles. The molecule has 5 heteroatoms. The van der Waals surface area contributed by atoms with Crippen LogP contribution in [-0.4, -0.2) is 40.8 Å². The van der Waals surface area contributed by atoms with Crippen molar-refractivity contribution in [3.8, 4) is 0 Å². The molecule has 22 heavy (non-hydrogen) atoms. The normalized spacial score (nSPS) is 11.3. The first-order chi connectivity index (χ1) is 10.6. The minimum absolute atomic E-state index is 0.0722. The molecule has 2 aromatic heterocycles. The topological polar surface area (TPSA) is 49.6 Å². The number of fused-ring (bicyclic) bond motifs is 1. The van der Waals surface area contributed by atoms with Gasteiger partial charge in [0.1, 0.15) is 5.65 Å². The molecule has 0 saturated heterocycles. The largest absolute Gasteiger partial charge is 0.351 e. The zero-order valence-electron chi connectivity index (χ0n) is 13.8. The number of hydrogen-bond donors (Lipinski definition) is 1. The summed E-state index contributed by atoms with van der Waals surface area (Å²) in [5.74, 6) is -0.0722. The highest BCUT2D eigenvalue weighted by Gasteiger charge is 2.18. The molecule has 0 aliphatic carbocycles. The summed E-state index contributed by atoms with van der Waals surface area (Å²) in [6.45, 7) is 3.58. The Kier molecular flexibility index (Phi) is 5.95. The zero-order valence-corrected chi connectivity index (χ0v) is 13.8. The number of carbonyl (C=O) groups is 1. The first-order valence-corrected chi connectivity index (χ1v) is 8.02. The van der Waals surface area contributed by atoms with Crippen LogP contribution in [-0.2, 0) is 6.54 Å². The van der Waals surface area contributed by atoms with E-state index in [-0.39, 0.29) is 5.91 Å². The molecule has 0 atom stereocenters. The van der Waals surface area contributed by atoms with E-state index in [0.29, 0.717) is 18.8 Å². The molecule has 0 aliphatic heterocycles. The van der Waals surface area contributed by atoms with Crippen LogP contribution in [0.2, 0.25) is 0 Å². The minimum atomic E-state index is -0.0722. The van der Waals surface area contributed by atoms with Gasteiger partial charge in [0, 0.05) is 19.3 Å². The molecule has 1 N–H and O–H groups in total. The van der Waals surface area contributed by atoms with Crippen LogP contribution < -0.4 is 5.32 Å². The van der Waals surface area contributed by atoms with Crippen molar-refractivity contribution >= 4 is 11.6 Å². The van der Waals surface area contributed by atoms with Gasteiger partial charge in [-0.3, -0.25) is 4.79 Å². The number of nitrogens with one attached hydrogen (secondary N) is 1. The number of imidazole rings is 1. The summed E-state index contributed by atoms with van der Waals surface area (Å²) in [4.78, 5) is 19.0. The molecule has 1 amide bonds. The van der Waals surface area contributed by atoms with E-state index in [1.165, 1.54) is 12.8 Å². The van der Waals surface area contributed by atoms with E-state index in [9.17, 15) is 4.79 Å². The molecule has 0 bridgehead atoms. The number of nitrogens with zero attached hydrogens (tertiary/aromatic N) is 3. The van der Waals surface area contributed by atoms with Crippen LogP contribution in [0.4, 0.5) is 0 Å². The number of hydrogen-bond acceptors (Lipinski definition) is 3. The van der Waals surface area contributed by atoms with Crippen molar-refractivity contribution in [1.29, 1.82) is 0 Å². The third-order valence-corrected chi connectivity index (χ3v) is 3.63. The Balaban J connectivity index is 2.13. The summed E-state index contributed by atoms with van der Waals surface area (Å²) in [6.07, 6.45) is 6.56. The summed E-state index contributed by atoms with van der Waals surface area (Å²) < 4.78 is 1.99. The lowest BCUT2D eigenvalue weighted by Gasteiger charge is -2.11. The number of carbonyl (C=O) groups excluding carboxylic acids is 1. The van der Waals surface area contributed by atoms with Crippen LogP contribution in [0, 0.1) is 0 Å². The monoisotopic (exact) mass is 302 g/mol. The maximum Gasteiger partial charge on any atom is 0.271 e. The Hall–Kier alpha value is -1.88. The van der Waals surface area contributed by atoms with Crippen molar-refractivity contribution in [1.82, 2.24) is 19.6 Å². The van der Waals surface area contributed by atoms with Crippen LogP contribution >= 0.6 is 0 Å². The van der Waals surface area contributed by atoms with E-state index in [0.717, 1.165) is 24.2 Å². The third-order valence-electron chi connectivity index (χ3n) is 3.63. The molecule has 0 aliphatic rings. The first kappa shape index (κ1) is 16.5. The van der Waals surface area contributed by atoms with Crippen molar-refractivity contribution in [2.24, 2.45) is 0 Å². The number of rotatable bonds is 8. The van der Waals surface area contributed by atoms with Gasteiger partial charge in [0.2, 0.25) is 0 Å². The van der Waals surface area contributed by atoms with Gasteiger partial charge in [-0.15, -0.1) is 0 Å². The van der Waals surface area contributed by atoms with Crippen LogP contribution in [0.5, 0.6) is 0 Å². The van der Waals surface area contributed by atoms with Crippen LogP contribution in [0.25, 0.3) is 5.65 Å². The zero-order chi connectivity index (χ0) is 15.9. The lowest BCUT2D eigenvalue weighted by atomic mass is 10.2. The Labute approximate surface area is 132 Å². The van der Waals surface area contributed by atoms with Gasteiger partial charge in [-0.05, 0) is 32.6 Å². The van der Waals surface area contributed by atoms with Gasteiger partial charge in [0.05, 0.1) is 5.69 Å². The number of pyridine rings is 1. The van der Waals surface area contributed by atoms with Gasteiger partial charge in [-0.1, -0.05) is 32.3 Å². The van der Waals surface area contributed by atoms with Gasteiger partial charge >= 0.3 is 0 Å². The summed E-state index contributed by atoms with van der Waals surface area (Å²) >= 11 is 0. The lowest BCUT2D eigenvalue weighted by Crippen LogP contribution is -2.27. The lowest BCUT2D eigenvalue weighted by molar-refractivity contribution is 0.0946. The summed E-state index contributed by atoms with van der Waals surface area (Å²) in [5.41, 5.74) is 2.29. The molecule has 5 nitrogen and oxygen atoms in total. The molecule has 0 saturated carbocycles. The van der Waals surface area contributed by atoms with Crippen LogP contribution in [0.1, 0.15) is 48.8 Å². The van der Waals surface area contributed by atoms with E-state index >= 15 is 0 Å². The fraction of sp³-hybridized carbons (Fsp3) is 0.529. The van der Waals surface area contributed by atoms with E-state index in [1.54, 1.807) is 0 Å². The van der Waals surface area contributed by atoms with Crippen molar-refractivity contribution < 1.29 is 4.79 Å². The van der Waals surface area contributed by atoms with Crippen molar-refractivity contribution in [3.63, 3.8) is 0 Å². The SMILES string of the molecule is CCCCCCNC(=O)c1nc2ccccn2c1CN(C)C. The number of amides is 1. The van der Waals surface area contributed by atoms with E-state index in [4.69, 9.17) is 0 Å². The fourth-order valence-electron chi connectivity index (χ4n) is 2.52. The third kappa shape index (κ3) is 4.07. The standard InChI is InChI=1S/C17H26N4O/c1-4-5-6-8-11-18-17(22)16-14(13-20(2)3)21-12-9-7-10-15(21)19-16/h7,9-10,12H,4-6,8,11,13H2,1-3H3,(H,18,22).